The number of para-hydroxylation sites is 1. The molecule has 0 saturated heterocycles. The summed E-state index contributed by atoms with van der Waals surface area (Å²) < 4.78 is 0. The van der Waals surface area contributed by atoms with Gasteiger partial charge in [0, 0.05) is 17.7 Å². The number of nitrogens with zero attached hydrogens (tertiary/aromatic N) is 1. The van der Waals surface area contributed by atoms with Crippen LogP contribution in [0.5, 0.6) is 0 Å². The van der Waals surface area contributed by atoms with E-state index >= 15 is 0 Å². The number of carbonyl (C=O) groups is 2. The van der Waals surface area contributed by atoms with Crippen molar-refractivity contribution < 1.29 is 44.3 Å². The molecular formula is C29H24NNaO3. The summed E-state index contributed by atoms with van der Waals surface area (Å²) in [6.07, 6.45) is 0.929. The molecule has 0 N–H and O–H groups in total. The first-order valence-electron chi connectivity index (χ1n) is 10.9. The molecule has 5 heteroatoms. The number of anilines is 1. The summed E-state index contributed by atoms with van der Waals surface area (Å²) in [5.41, 5.74) is 4.30. The van der Waals surface area contributed by atoms with Crippen LogP contribution in [-0.4, -0.2) is 11.9 Å². The van der Waals surface area contributed by atoms with Gasteiger partial charge in [-0.25, -0.2) is 0 Å². The molecule has 34 heavy (non-hydrogen) atoms. The van der Waals surface area contributed by atoms with Gasteiger partial charge in [-0.3, -0.25) is 4.79 Å². The van der Waals surface area contributed by atoms with E-state index in [1.807, 2.05) is 97.1 Å². The molecule has 0 radical (unpaired) electrons. The van der Waals surface area contributed by atoms with E-state index in [1.54, 1.807) is 17.0 Å². The second-order valence-electron chi connectivity index (χ2n) is 7.83. The number of carbonyl (C=O) groups excluding carboxylic acids is 2. The van der Waals surface area contributed by atoms with Crippen molar-refractivity contribution in [3.8, 4) is 11.1 Å². The van der Waals surface area contributed by atoms with E-state index in [0.29, 0.717) is 18.4 Å². The first kappa shape index (κ1) is 25.4. The van der Waals surface area contributed by atoms with Crippen molar-refractivity contribution in [1.82, 2.24) is 0 Å². The number of carboxylic acids is 1. The number of benzene rings is 4. The van der Waals surface area contributed by atoms with Crippen LogP contribution in [0.25, 0.3) is 11.1 Å². The number of hydrogen-bond donors (Lipinski definition) is 0. The second-order valence-corrected chi connectivity index (χ2v) is 7.83. The largest absolute Gasteiger partial charge is 1.00 e. The summed E-state index contributed by atoms with van der Waals surface area (Å²) in [5, 5.41) is 11.9. The Labute approximate surface area is 222 Å². The average Bonchev–Trinajstić information content (AvgIpc) is 2.87. The Kier molecular flexibility index (Phi) is 9.23. The Balaban J connectivity index is 0.00000324. The van der Waals surface area contributed by atoms with Crippen LogP contribution in [0.3, 0.4) is 0 Å². The van der Waals surface area contributed by atoms with Gasteiger partial charge < -0.3 is 14.8 Å². The zero-order chi connectivity index (χ0) is 23.0. The molecule has 0 aromatic heterocycles. The van der Waals surface area contributed by atoms with Crippen molar-refractivity contribution >= 4 is 17.6 Å². The summed E-state index contributed by atoms with van der Waals surface area (Å²) in [4.78, 5) is 26.8. The Morgan fingerprint density at radius 3 is 1.91 bits per heavy atom. The van der Waals surface area contributed by atoms with Crippen LogP contribution in [0.2, 0.25) is 0 Å². The number of aryl methyl sites for hydroxylation is 1. The van der Waals surface area contributed by atoms with Gasteiger partial charge in [0.15, 0.2) is 0 Å². The molecule has 1 amide bonds. The molecule has 4 nitrogen and oxygen atoms in total. The predicted octanol–water partition coefficient (Wildman–Crippen LogP) is 1.89. The Bertz CT molecular complexity index is 1230. The van der Waals surface area contributed by atoms with Gasteiger partial charge in [0.1, 0.15) is 0 Å². The average molecular weight is 458 g/mol. The van der Waals surface area contributed by atoms with Crippen LogP contribution in [0, 0.1) is 0 Å². The van der Waals surface area contributed by atoms with Gasteiger partial charge >= 0.3 is 29.6 Å². The van der Waals surface area contributed by atoms with Crippen molar-refractivity contribution in [2.45, 2.75) is 19.4 Å². The maximum atomic E-state index is 13.3. The summed E-state index contributed by atoms with van der Waals surface area (Å²) in [5.74, 6) is -1.33. The standard InChI is InChI=1S/C29H25NO3.Na/c31-28(19-16-22-10-4-1-5-11-22)30(26-14-8-3-9-15-26)21-25-20-24(17-18-27(25)29(32)33)23-12-6-2-7-13-23;/h1-15,17-18,20H,16,19,21H2,(H,32,33);/q;+1/p-1. The topological polar surface area (TPSA) is 60.4 Å². The smallest absolute Gasteiger partial charge is 0.545 e. The van der Waals surface area contributed by atoms with Gasteiger partial charge in [0.2, 0.25) is 5.91 Å². The molecule has 0 unspecified atom stereocenters. The minimum absolute atomic E-state index is 0. The molecular weight excluding hydrogens is 433 g/mol. The van der Waals surface area contributed by atoms with Gasteiger partial charge in [-0.2, -0.15) is 0 Å². The maximum Gasteiger partial charge on any atom is 1.00 e. The van der Waals surface area contributed by atoms with Crippen LogP contribution >= 0.6 is 0 Å². The molecule has 0 saturated carbocycles. The van der Waals surface area contributed by atoms with Gasteiger partial charge in [0.05, 0.1) is 12.5 Å². The molecule has 0 heterocycles. The van der Waals surface area contributed by atoms with Gasteiger partial charge in [-0.05, 0) is 46.9 Å². The van der Waals surface area contributed by atoms with Crippen molar-refractivity contribution in [2.24, 2.45) is 0 Å². The fourth-order valence-electron chi connectivity index (χ4n) is 3.87. The Morgan fingerprint density at radius 1 is 0.706 bits per heavy atom. The summed E-state index contributed by atoms with van der Waals surface area (Å²) in [6.45, 7) is 0.140. The fourth-order valence-corrected chi connectivity index (χ4v) is 3.87. The number of amides is 1. The molecule has 164 valence electrons. The molecule has 4 aromatic carbocycles. The third kappa shape index (κ3) is 6.45. The van der Waals surface area contributed by atoms with E-state index in [4.69, 9.17) is 0 Å². The Morgan fingerprint density at radius 2 is 1.29 bits per heavy atom. The van der Waals surface area contributed by atoms with Crippen molar-refractivity contribution in [2.75, 3.05) is 4.90 Å². The Hall–Kier alpha value is -3.18. The third-order valence-electron chi connectivity index (χ3n) is 5.60. The molecule has 0 atom stereocenters. The number of carboxylic acid groups (broad SMARTS) is 1. The van der Waals surface area contributed by atoms with Crippen molar-refractivity contribution in [1.29, 1.82) is 0 Å². The monoisotopic (exact) mass is 457 g/mol. The number of hydrogen-bond acceptors (Lipinski definition) is 3. The van der Waals surface area contributed by atoms with Crippen LogP contribution < -0.4 is 39.6 Å². The van der Waals surface area contributed by atoms with Crippen molar-refractivity contribution in [3.63, 3.8) is 0 Å². The van der Waals surface area contributed by atoms with Crippen LogP contribution in [0.1, 0.15) is 27.9 Å². The normalized spacial score (nSPS) is 10.2. The molecule has 0 spiro atoms. The van der Waals surface area contributed by atoms with Crippen LogP contribution in [0.15, 0.2) is 109 Å². The van der Waals surface area contributed by atoms with Crippen LogP contribution in [-0.2, 0) is 17.8 Å². The predicted molar refractivity (Wildman–Crippen MR) is 129 cm³/mol. The van der Waals surface area contributed by atoms with E-state index in [1.165, 1.54) is 0 Å². The quantitative estimate of drug-likeness (QED) is 0.380. The third-order valence-corrected chi connectivity index (χ3v) is 5.60. The van der Waals surface area contributed by atoms with E-state index in [0.717, 1.165) is 22.4 Å². The maximum absolute atomic E-state index is 13.3. The zero-order valence-corrected chi connectivity index (χ0v) is 21.2. The zero-order valence-electron chi connectivity index (χ0n) is 19.2. The molecule has 4 rings (SSSR count). The van der Waals surface area contributed by atoms with Gasteiger partial charge in [0.25, 0.3) is 0 Å². The number of rotatable bonds is 8. The number of aromatic carboxylic acids is 1. The van der Waals surface area contributed by atoms with Gasteiger partial charge in [-0.15, -0.1) is 0 Å². The molecule has 0 bridgehead atoms. The minimum Gasteiger partial charge on any atom is -0.545 e. The van der Waals surface area contributed by atoms with E-state index in [9.17, 15) is 14.7 Å². The van der Waals surface area contributed by atoms with E-state index < -0.39 is 5.97 Å². The summed E-state index contributed by atoms with van der Waals surface area (Å²) in [6, 6.07) is 34.1. The molecule has 4 aromatic rings. The molecule has 0 aliphatic rings. The fraction of sp³-hybridized carbons (Fsp3) is 0.103. The minimum atomic E-state index is -1.26. The summed E-state index contributed by atoms with van der Waals surface area (Å²) >= 11 is 0. The van der Waals surface area contributed by atoms with E-state index in [2.05, 4.69) is 0 Å². The van der Waals surface area contributed by atoms with Crippen LogP contribution in [0.4, 0.5) is 5.69 Å². The van der Waals surface area contributed by atoms with Gasteiger partial charge in [-0.1, -0.05) is 91.0 Å². The van der Waals surface area contributed by atoms with Crippen molar-refractivity contribution in [3.05, 3.63) is 126 Å². The first-order chi connectivity index (χ1) is 16.1. The molecule has 0 aliphatic heterocycles. The van der Waals surface area contributed by atoms with E-state index in [-0.39, 0.29) is 47.6 Å². The molecule has 0 fully saturated rings. The SMILES string of the molecule is O=C([O-])c1ccc(-c2ccccc2)cc1CN(C(=O)CCc1ccccc1)c1ccccc1.[Na+]. The first-order valence-corrected chi connectivity index (χ1v) is 10.9. The summed E-state index contributed by atoms with van der Waals surface area (Å²) in [7, 11) is 0. The molecule has 0 aliphatic carbocycles. The second kappa shape index (κ2) is 12.3.